The maximum Gasteiger partial charge on any atom is 0.362 e. The van der Waals surface area contributed by atoms with Crippen molar-refractivity contribution in [3.63, 3.8) is 0 Å². The number of anilines is 1. The van der Waals surface area contributed by atoms with Crippen molar-refractivity contribution >= 4 is 38.4 Å². The predicted molar refractivity (Wildman–Crippen MR) is 107 cm³/mol. The van der Waals surface area contributed by atoms with Gasteiger partial charge in [-0.25, -0.2) is 17.9 Å². The van der Waals surface area contributed by atoms with E-state index >= 15 is 0 Å². The molecule has 0 unspecified atom stereocenters. The molecule has 2 rings (SSSR count). The first-order valence-electron chi connectivity index (χ1n) is 8.51. The van der Waals surface area contributed by atoms with E-state index in [0.717, 1.165) is 11.5 Å². The molecule has 0 radical (unpaired) electrons. The standard InChI is InChI=1S/C17H22N4O6S2/c1-6-27-16(23)13-15(28-21-19-13)18-14(22)10-7-8-11(26-5)12(9-10)29(24,25)20-17(2,3)4/h7-9,20H,6H2,1-5H3,(H,18,22). The molecule has 1 heterocycles. The molecule has 29 heavy (non-hydrogen) atoms. The average Bonchev–Trinajstić information content (AvgIpc) is 3.07. The second-order valence-corrected chi connectivity index (χ2v) is 9.25. The Kier molecular flexibility index (Phi) is 6.93. The van der Waals surface area contributed by atoms with E-state index in [4.69, 9.17) is 9.47 Å². The minimum atomic E-state index is -3.96. The molecular weight excluding hydrogens is 420 g/mol. The third-order valence-electron chi connectivity index (χ3n) is 3.34. The van der Waals surface area contributed by atoms with Crippen molar-refractivity contribution in [2.75, 3.05) is 19.0 Å². The molecule has 0 bridgehead atoms. The maximum absolute atomic E-state index is 12.7. The van der Waals surface area contributed by atoms with Crippen LogP contribution < -0.4 is 14.8 Å². The van der Waals surface area contributed by atoms with Gasteiger partial charge in [0.1, 0.15) is 10.6 Å². The molecule has 0 saturated carbocycles. The lowest BCUT2D eigenvalue weighted by Gasteiger charge is -2.21. The topological polar surface area (TPSA) is 137 Å². The van der Waals surface area contributed by atoms with Crippen molar-refractivity contribution in [2.45, 2.75) is 38.1 Å². The zero-order valence-electron chi connectivity index (χ0n) is 16.6. The first-order valence-corrected chi connectivity index (χ1v) is 10.8. The van der Waals surface area contributed by atoms with Gasteiger partial charge in [-0.3, -0.25) is 4.79 Å². The molecule has 1 amide bonds. The van der Waals surface area contributed by atoms with E-state index in [1.54, 1.807) is 27.7 Å². The summed E-state index contributed by atoms with van der Waals surface area (Å²) in [5.41, 5.74) is -0.811. The summed E-state index contributed by atoms with van der Waals surface area (Å²) < 4.78 is 41.6. The van der Waals surface area contributed by atoms with Crippen LogP contribution in [0.3, 0.4) is 0 Å². The van der Waals surface area contributed by atoms with Crippen LogP contribution in [0.1, 0.15) is 48.5 Å². The Morgan fingerprint density at radius 2 is 1.93 bits per heavy atom. The molecule has 10 nitrogen and oxygen atoms in total. The highest BCUT2D eigenvalue weighted by molar-refractivity contribution is 7.89. The number of benzene rings is 1. The summed E-state index contributed by atoms with van der Waals surface area (Å²) in [5, 5.41) is 6.27. The Morgan fingerprint density at radius 1 is 1.24 bits per heavy atom. The van der Waals surface area contributed by atoms with Gasteiger partial charge >= 0.3 is 5.97 Å². The SMILES string of the molecule is CCOC(=O)c1nnsc1NC(=O)c1ccc(OC)c(S(=O)(=O)NC(C)(C)C)c1. The van der Waals surface area contributed by atoms with Gasteiger partial charge in [0, 0.05) is 22.6 Å². The molecule has 12 heteroatoms. The molecule has 0 spiro atoms. The summed E-state index contributed by atoms with van der Waals surface area (Å²) in [6.45, 7) is 6.87. The van der Waals surface area contributed by atoms with E-state index in [9.17, 15) is 18.0 Å². The molecule has 0 atom stereocenters. The number of carbonyl (C=O) groups is 2. The van der Waals surface area contributed by atoms with E-state index in [0.29, 0.717) is 0 Å². The van der Waals surface area contributed by atoms with E-state index in [2.05, 4.69) is 19.6 Å². The zero-order valence-corrected chi connectivity index (χ0v) is 18.2. The first kappa shape index (κ1) is 22.7. The lowest BCUT2D eigenvalue weighted by atomic mass is 10.1. The summed E-state index contributed by atoms with van der Waals surface area (Å²) >= 11 is 0.803. The summed E-state index contributed by atoms with van der Waals surface area (Å²) in [6, 6.07) is 3.98. The predicted octanol–water partition coefficient (Wildman–Crippen LogP) is 2.05. The van der Waals surface area contributed by atoms with Crippen molar-refractivity contribution in [3.05, 3.63) is 29.5 Å². The Balaban J connectivity index is 2.36. The molecule has 0 aliphatic heterocycles. The van der Waals surface area contributed by atoms with Gasteiger partial charge in [0.15, 0.2) is 5.00 Å². The highest BCUT2D eigenvalue weighted by Gasteiger charge is 2.27. The normalized spacial score (nSPS) is 11.8. The van der Waals surface area contributed by atoms with Gasteiger partial charge in [0.05, 0.1) is 13.7 Å². The number of hydrogen-bond acceptors (Lipinski definition) is 9. The Labute approximate surface area is 172 Å². The summed E-state index contributed by atoms with van der Waals surface area (Å²) in [4.78, 5) is 24.3. The third kappa shape index (κ3) is 5.71. The molecule has 2 aromatic rings. The van der Waals surface area contributed by atoms with E-state index in [1.807, 2.05) is 0 Å². The van der Waals surface area contributed by atoms with Crippen molar-refractivity contribution in [1.29, 1.82) is 0 Å². The zero-order chi connectivity index (χ0) is 21.8. The molecule has 0 fully saturated rings. The highest BCUT2D eigenvalue weighted by Crippen LogP contribution is 2.27. The van der Waals surface area contributed by atoms with Crippen molar-refractivity contribution in [2.24, 2.45) is 0 Å². The van der Waals surface area contributed by atoms with Crippen molar-refractivity contribution < 1.29 is 27.5 Å². The number of amides is 1. The highest BCUT2D eigenvalue weighted by atomic mass is 32.2. The minimum Gasteiger partial charge on any atom is -0.495 e. The van der Waals surface area contributed by atoms with Crippen LogP contribution in [0.15, 0.2) is 23.1 Å². The second kappa shape index (κ2) is 8.84. The number of nitrogens with zero attached hydrogens (tertiary/aromatic N) is 2. The average molecular weight is 443 g/mol. The van der Waals surface area contributed by atoms with Gasteiger partial charge in [-0.2, -0.15) is 0 Å². The molecule has 0 aliphatic carbocycles. The number of methoxy groups -OCH3 is 1. The molecule has 158 valence electrons. The second-order valence-electron chi connectivity index (χ2n) is 6.85. The van der Waals surface area contributed by atoms with E-state index < -0.39 is 27.4 Å². The largest absolute Gasteiger partial charge is 0.495 e. The molecule has 0 aliphatic rings. The number of ether oxygens (including phenoxy) is 2. The lowest BCUT2D eigenvalue weighted by molar-refractivity contribution is 0.0520. The van der Waals surface area contributed by atoms with Crippen LogP contribution in [-0.2, 0) is 14.8 Å². The van der Waals surface area contributed by atoms with Gasteiger partial charge in [0.2, 0.25) is 15.7 Å². The van der Waals surface area contributed by atoms with Crippen LogP contribution in [-0.4, -0.2) is 49.1 Å². The Morgan fingerprint density at radius 3 is 2.52 bits per heavy atom. The number of aromatic nitrogens is 2. The Bertz CT molecular complexity index is 1010. The fourth-order valence-corrected chi connectivity index (χ4v) is 4.43. The smallest absolute Gasteiger partial charge is 0.362 e. The fraction of sp³-hybridized carbons (Fsp3) is 0.412. The minimum absolute atomic E-state index is 0.0447. The molecule has 1 aromatic heterocycles. The number of sulfonamides is 1. The molecule has 2 N–H and O–H groups in total. The van der Waals surface area contributed by atoms with Crippen LogP contribution in [0.2, 0.25) is 0 Å². The van der Waals surface area contributed by atoms with Gasteiger partial charge in [0.25, 0.3) is 5.91 Å². The number of carbonyl (C=O) groups excluding carboxylic acids is 2. The monoisotopic (exact) mass is 442 g/mol. The third-order valence-corrected chi connectivity index (χ3v) is 5.76. The van der Waals surface area contributed by atoms with Gasteiger partial charge in [-0.05, 0) is 45.9 Å². The van der Waals surface area contributed by atoms with Crippen LogP contribution in [0, 0.1) is 0 Å². The first-order chi connectivity index (χ1) is 13.5. The maximum atomic E-state index is 12.7. The Hall–Kier alpha value is -2.57. The van der Waals surface area contributed by atoms with Crippen LogP contribution >= 0.6 is 11.5 Å². The van der Waals surface area contributed by atoms with Crippen LogP contribution in [0.5, 0.6) is 5.75 Å². The quantitative estimate of drug-likeness (QED) is 0.622. The van der Waals surface area contributed by atoms with E-state index in [-0.39, 0.29) is 33.5 Å². The molecule has 0 saturated heterocycles. The van der Waals surface area contributed by atoms with Crippen LogP contribution in [0.4, 0.5) is 5.00 Å². The number of nitrogens with one attached hydrogen (secondary N) is 2. The van der Waals surface area contributed by atoms with Gasteiger partial charge in [-0.15, -0.1) is 5.10 Å². The van der Waals surface area contributed by atoms with Crippen molar-refractivity contribution in [1.82, 2.24) is 14.3 Å². The summed E-state index contributed by atoms with van der Waals surface area (Å²) in [5.74, 6) is -1.27. The van der Waals surface area contributed by atoms with Gasteiger partial charge < -0.3 is 14.8 Å². The molecular formula is C17H22N4O6S2. The lowest BCUT2D eigenvalue weighted by Crippen LogP contribution is -2.40. The summed E-state index contributed by atoms with van der Waals surface area (Å²) in [6.07, 6.45) is 0. The van der Waals surface area contributed by atoms with E-state index in [1.165, 1.54) is 25.3 Å². The number of hydrogen-bond donors (Lipinski definition) is 2. The number of esters is 1. The van der Waals surface area contributed by atoms with Crippen molar-refractivity contribution in [3.8, 4) is 5.75 Å². The fourth-order valence-electron chi connectivity index (χ4n) is 2.27. The van der Waals surface area contributed by atoms with Gasteiger partial charge in [-0.1, -0.05) is 4.49 Å². The van der Waals surface area contributed by atoms with Crippen LogP contribution in [0.25, 0.3) is 0 Å². The summed E-state index contributed by atoms with van der Waals surface area (Å²) in [7, 11) is -2.63. The molecule has 1 aromatic carbocycles. The number of rotatable bonds is 7.